The fraction of sp³-hybridized carbons (Fsp3) is 0.263. The van der Waals surface area contributed by atoms with Crippen molar-refractivity contribution in [3.05, 3.63) is 65.2 Å². The van der Waals surface area contributed by atoms with E-state index in [4.69, 9.17) is 10.5 Å². The highest BCUT2D eigenvalue weighted by Crippen LogP contribution is 2.31. The Balaban J connectivity index is 1.79. The molecule has 0 saturated heterocycles. The fourth-order valence-corrected chi connectivity index (χ4v) is 2.63. The van der Waals surface area contributed by atoms with E-state index in [0.717, 1.165) is 18.9 Å². The van der Waals surface area contributed by atoms with E-state index in [-0.39, 0.29) is 30.7 Å². The maximum absolute atomic E-state index is 14.0. The first-order valence-corrected chi connectivity index (χ1v) is 8.20. The molecule has 0 aromatic heterocycles. The predicted molar refractivity (Wildman–Crippen MR) is 90.4 cm³/mol. The van der Waals surface area contributed by atoms with Crippen molar-refractivity contribution in [1.82, 2.24) is 4.90 Å². The summed E-state index contributed by atoms with van der Waals surface area (Å²) < 4.78 is 32.3. The van der Waals surface area contributed by atoms with Crippen LogP contribution < -0.4 is 10.5 Å². The van der Waals surface area contributed by atoms with E-state index in [1.807, 2.05) is 0 Å². The molecular formula is C19H18F2N2O3. The Kier molecular flexibility index (Phi) is 5.16. The van der Waals surface area contributed by atoms with Gasteiger partial charge in [0, 0.05) is 29.8 Å². The molecule has 0 aliphatic heterocycles. The number of nitrogens with zero attached hydrogens (tertiary/aromatic N) is 1. The molecular weight excluding hydrogens is 342 g/mol. The molecule has 2 N–H and O–H groups in total. The number of benzene rings is 2. The number of nitrogens with two attached hydrogens (primary N) is 1. The fourth-order valence-electron chi connectivity index (χ4n) is 2.63. The van der Waals surface area contributed by atoms with E-state index < -0.39 is 17.5 Å². The summed E-state index contributed by atoms with van der Waals surface area (Å²) in [5.41, 5.74) is 5.66. The van der Waals surface area contributed by atoms with Crippen LogP contribution in [0.4, 0.5) is 8.78 Å². The molecule has 0 atom stereocenters. The molecule has 0 spiro atoms. The molecule has 0 bridgehead atoms. The summed E-state index contributed by atoms with van der Waals surface area (Å²) in [5.74, 6) is -1.89. The van der Waals surface area contributed by atoms with Crippen LogP contribution in [0.25, 0.3) is 0 Å². The second-order valence-corrected chi connectivity index (χ2v) is 6.18. The van der Waals surface area contributed by atoms with Gasteiger partial charge in [-0.3, -0.25) is 9.59 Å². The van der Waals surface area contributed by atoms with Crippen LogP contribution in [0, 0.1) is 11.6 Å². The third-order valence-corrected chi connectivity index (χ3v) is 4.07. The Morgan fingerprint density at radius 3 is 2.58 bits per heavy atom. The van der Waals surface area contributed by atoms with Gasteiger partial charge < -0.3 is 15.4 Å². The van der Waals surface area contributed by atoms with Crippen molar-refractivity contribution < 1.29 is 23.1 Å². The minimum Gasteiger partial charge on any atom is -0.484 e. The van der Waals surface area contributed by atoms with Crippen LogP contribution in [0.1, 0.15) is 28.8 Å². The minimum atomic E-state index is -0.679. The molecule has 136 valence electrons. The van der Waals surface area contributed by atoms with Gasteiger partial charge in [-0.05, 0) is 37.1 Å². The molecule has 2 aromatic carbocycles. The van der Waals surface area contributed by atoms with Crippen molar-refractivity contribution in [3.8, 4) is 5.75 Å². The molecule has 1 aliphatic rings. The van der Waals surface area contributed by atoms with E-state index in [1.165, 1.54) is 18.2 Å². The van der Waals surface area contributed by atoms with Crippen LogP contribution in [-0.2, 0) is 11.3 Å². The zero-order chi connectivity index (χ0) is 18.7. The Bertz CT molecular complexity index is 837. The molecule has 3 rings (SSSR count). The van der Waals surface area contributed by atoms with E-state index in [1.54, 1.807) is 23.1 Å². The molecule has 1 saturated carbocycles. The lowest BCUT2D eigenvalue weighted by Crippen LogP contribution is -2.33. The summed E-state index contributed by atoms with van der Waals surface area (Å²) in [5, 5.41) is 0. The smallest absolute Gasteiger partial charge is 0.255 e. The van der Waals surface area contributed by atoms with Gasteiger partial charge >= 0.3 is 0 Å². The van der Waals surface area contributed by atoms with Crippen molar-refractivity contribution in [1.29, 1.82) is 0 Å². The zero-order valence-electron chi connectivity index (χ0n) is 14.0. The molecule has 1 fully saturated rings. The molecule has 5 nitrogen and oxygen atoms in total. The molecule has 2 amide bonds. The highest BCUT2D eigenvalue weighted by molar-refractivity contribution is 5.95. The Morgan fingerprint density at radius 2 is 1.92 bits per heavy atom. The normalized spacial score (nSPS) is 13.3. The van der Waals surface area contributed by atoms with Gasteiger partial charge in [0.25, 0.3) is 11.8 Å². The third-order valence-electron chi connectivity index (χ3n) is 4.07. The lowest BCUT2D eigenvalue weighted by molar-refractivity contribution is -0.119. The van der Waals surface area contributed by atoms with Crippen LogP contribution in [0.2, 0.25) is 0 Å². The average molecular weight is 360 g/mol. The quantitative estimate of drug-likeness (QED) is 0.825. The topological polar surface area (TPSA) is 72.6 Å². The van der Waals surface area contributed by atoms with Gasteiger partial charge in [0.1, 0.15) is 17.4 Å². The van der Waals surface area contributed by atoms with Crippen LogP contribution >= 0.6 is 0 Å². The van der Waals surface area contributed by atoms with E-state index >= 15 is 0 Å². The van der Waals surface area contributed by atoms with Crippen molar-refractivity contribution >= 4 is 11.8 Å². The predicted octanol–water partition coefficient (Wildman–Crippen LogP) is 2.63. The number of hydrogen-bond donors (Lipinski definition) is 1. The zero-order valence-corrected chi connectivity index (χ0v) is 14.0. The van der Waals surface area contributed by atoms with Crippen molar-refractivity contribution in [2.24, 2.45) is 5.73 Å². The maximum atomic E-state index is 14.0. The Morgan fingerprint density at radius 1 is 1.15 bits per heavy atom. The number of rotatable bonds is 7. The summed E-state index contributed by atoms with van der Waals surface area (Å²) in [7, 11) is 0. The summed E-state index contributed by atoms with van der Waals surface area (Å²) in [6.07, 6.45) is 1.68. The molecule has 0 heterocycles. The number of ether oxygens (including phenoxy) is 1. The highest BCUT2D eigenvalue weighted by Gasteiger charge is 2.33. The second-order valence-electron chi connectivity index (χ2n) is 6.18. The number of carbonyl (C=O) groups is 2. The van der Waals surface area contributed by atoms with Gasteiger partial charge in [0.15, 0.2) is 6.61 Å². The summed E-state index contributed by atoms with van der Waals surface area (Å²) in [6, 6.07) is 9.74. The minimum absolute atomic E-state index is 0.0298. The average Bonchev–Trinajstić information content (AvgIpc) is 3.44. The second kappa shape index (κ2) is 7.51. The van der Waals surface area contributed by atoms with Crippen molar-refractivity contribution in [2.45, 2.75) is 25.4 Å². The lowest BCUT2D eigenvalue weighted by Gasteiger charge is -2.23. The largest absolute Gasteiger partial charge is 0.484 e. The SMILES string of the molecule is NC(=O)COc1cccc(C(=O)N(Cc2ccc(F)cc2F)C2CC2)c1. The molecule has 0 radical (unpaired) electrons. The molecule has 2 aromatic rings. The van der Waals surface area contributed by atoms with Gasteiger partial charge in [0.2, 0.25) is 0 Å². The molecule has 0 unspecified atom stereocenters. The number of amides is 2. The number of hydrogen-bond acceptors (Lipinski definition) is 3. The molecule has 7 heteroatoms. The highest BCUT2D eigenvalue weighted by atomic mass is 19.1. The number of carbonyl (C=O) groups excluding carboxylic acids is 2. The Labute approximate surface area is 149 Å². The number of primary amides is 1. The summed E-state index contributed by atoms with van der Waals surface area (Å²) in [4.78, 5) is 25.3. The first-order chi connectivity index (χ1) is 12.4. The molecule has 26 heavy (non-hydrogen) atoms. The van der Waals surface area contributed by atoms with Crippen molar-refractivity contribution in [2.75, 3.05) is 6.61 Å². The van der Waals surface area contributed by atoms with Crippen LogP contribution in [0.15, 0.2) is 42.5 Å². The van der Waals surface area contributed by atoms with E-state index in [9.17, 15) is 18.4 Å². The van der Waals surface area contributed by atoms with Crippen LogP contribution in [0.5, 0.6) is 5.75 Å². The van der Waals surface area contributed by atoms with Crippen molar-refractivity contribution in [3.63, 3.8) is 0 Å². The Hall–Kier alpha value is -2.96. The monoisotopic (exact) mass is 360 g/mol. The van der Waals surface area contributed by atoms with Gasteiger partial charge in [0.05, 0.1) is 0 Å². The van der Waals surface area contributed by atoms with Gasteiger partial charge in [-0.2, -0.15) is 0 Å². The molecule has 1 aliphatic carbocycles. The number of halogens is 2. The van der Waals surface area contributed by atoms with Gasteiger partial charge in [-0.15, -0.1) is 0 Å². The first kappa shape index (κ1) is 17.8. The standard InChI is InChI=1S/C19H18F2N2O3/c20-14-5-4-13(17(21)9-14)10-23(15-6-7-15)19(25)12-2-1-3-16(8-12)26-11-18(22)24/h1-5,8-9,15H,6-7,10-11H2,(H2,22,24). The van der Waals surface area contributed by atoms with Gasteiger partial charge in [-0.25, -0.2) is 8.78 Å². The maximum Gasteiger partial charge on any atom is 0.255 e. The summed E-state index contributed by atoms with van der Waals surface area (Å²) >= 11 is 0. The lowest BCUT2D eigenvalue weighted by atomic mass is 10.1. The van der Waals surface area contributed by atoms with E-state index in [2.05, 4.69) is 0 Å². The van der Waals surface area contributed by atoms with Crippen LogP contribution in [-0.4, -0.2) is 29.4 Å². The van der Waals surface area contributed by atoms with Gasteiger partial charge in [-0.1, -0.05) is 12.1 Å². The van der Waals surface area contributed by atoms with E-state index in [0.29, 0.717) is 11.3 Å². The summed E-state index contributed by atoms with van der Waals surface area (Å²) in [6.45, 7) is -0.229. The van der Waals surface area contributed by atoms with Crippen LogP contribution in [0.3, 0.4) is 0 Å². The first-order valence-electron chi connectivity index (χ1n) is 8.20. The third kappa shape index (κ3) is 4.36.